The van der Waals surface area contributed by atoms with Crippen molar-refractivity contribution in [3.05, 3.63) is 65.4 Å². The lowest BCUT2D eigenvalue weighted by atomic mass is 10.1. The second kappa shape index (κ2) is 8.29. The minimum Gasteiger partial charge on any atom is -0.496 e. The molecule has 0 spiro atoms. The molecule has 0 radical (unpaired) electrons. The van der Waals surface area contributed by atoms with E-state index in [2.05, 4.69) is 57.0 Å². The van der Waals surface area contributed by atoms with E-state index in [0.717, 1.165) is 35.5 Å². The van der Waals surface area contributed by atoms with Crippen molar-refractivity contribution in [2.75, 3.05) is 24.3 Å². The first-order chi connectivity index (χ1) is 12.7. The number of hydrogen-bond acceptors (Lipinski definition) is 6. The molecule has 0 fully saturated rings. The van der Waals surface area contributed by atoms with Gasteiger partial charge in [0.25, 0.3) is 0 Å². The average Bonchev–Trinajstić information content (AvgIpc) is 2.65. The van der Waals surface area contributed by atoms with Gasteiger partial charge in [-0.25, -0.2) is 0 Å². The number of methoxy groups -OCH3 is 1. The monoisotopic (exact) mass is 349 g/mol. The summed E-state index contributed by atoms with van der Waals surface area (Å²) >= 11 is 0. The zero-order valence-electron chi connectivity index (χ0n) is 15.3. The van der Waals surface area contributed by atoms with Crippen LogP contribution in [0.2, 0.25) is 0 Å². The van der Waals surface area contributed by atoms with Crippen LogP contribution in [-0.4, -0.2) is 28.8 Å². The van der Waals surface area contributed by atoms with Crippen LogP contribution in [0.3, 0.4) is 0 Å². The summed E-state index contributed by atoms with van der Waals surface area (Å²) < 4.78 is 5.38. The van der Waals surface area contributed by atoms with E-state index in [1.165, 1.54) is 5.56 Å². The normalized spacial score (nSPS) is 10.4. The molecule has 6 heteroatoms. The van der Waals surface area contributed by atoms with Crippen LogP contribution in [0.25, 0.3) is 0 Å². The van der Waals surface area contributed by atoms with Crippen LogP contribution >= 0.6 is 0 Å². The Morgan fingerprint density at radius 1 is 1.08 bits per heavy atom. The van der Waals surface area contributed by atoms with E-state index in [1.54, 1.807) is 13.3 Å². The quantitative estimate of drug-likeness (QED) is 0.674. The van der Waals surface area contributed by atoms with Crippen molar-refractivity contribution in [1.29, 1.82) is 0 Å². The van der Waals surface area contributed by atoms with E-state index in [1.807, 2.05) is 25.1 Å². The summed E-state index contributed by atoms with van der Waals surface area (Å²) in [7, 11) is 1.69. The average molecular weight is 349 g/mol. The van der Waals surface area contributed by atoms with Crippen molar-refractivity contribution < 1.29 is 4.74 Å². The highest BCUT2D eigenvalue weighted by Crippen LogP contribution is 2.20. The molecule has 3 aromatic rings. The van der Waals surface area contributed by atoms with E-state index < -0.39 is 0 Å². The Labute approximate surface area is 153 Å². The molecule has 0 aliphatic heterocycles. The minimum absolute atomic E-state index is 0.473. The van der Waals surface area contributed by atoms with Crippen LogP contribution in [0.4, 0.5) is 17.5 Å². The fourth-order valence-electron chi connectivity index (χ4n) is 2.67. The molecule has 1 aromatic heterocycles. The summed E-state index contributed by atoms with van der Waals surface area (Å²) in [5.74, 6) is 2.05. The molecule has 1 heterocycles. The number of rotatable bonds is 7. The fraction of sp³-hybridized carbons (Fsp3) is 0.250. The molecule has 2 aromatic carbocycles. The Morgan fingerprint density at radius 3 is 2.77 bits per heavy atom. The minimum atomic E-state index is 0.473. The van der Waals surface area contributed by atoms with Gasteiger partial charge >= 0.3 is 0 Å². The molecule has 0 unspecified atom stereocenters. The molecule has 0 aliphatic carbocycles. The van der Waals surface area contributed by atoms with Crippen molar-refractivity contribution in [2.24, 2.45) is 0 Å². The van der Waals surface area contributed by atoms with Gasteiger partial charge in [0, 0.05) is 12.2 Å². The first kappa shape index (κ1) is 17.7. The Morgan fingerprint density at radius 2 is 1.92 bits per heavy atom. The van der Waals surface area contributed by atoms with Gasteiger partial charge in [-0.2, -0.15) is 10.1 Å². The lowest BCUT2D eigenvalue weighted by Crippen LogP contribution is -2.09. The maximum atomic E-state index is 5.38. The molecular weight excluding hydrogens is 326 g/mol. The van der Waals surface area contributed by atoms with Gasteiger partial charge in [-0.15, -0.1) is 5.10 Å². The van der Waals surface area contributed by atoms with Crippen molar-refractivity contribution in [3.8, 4) is 5.75 Å². The van der Waals surface area contributed by atoms with Crippen LogP contribution in [0.5, 0.6) is 5.75 Å². The zero-order chi connectivity index (χ0) is 18.4. The van der Waals surface area contributed by atoms with Gasteiger partial charge < -0.3 is 15.4 Å². The van der Waals surface area contributed by atoms with Gasteiger partial charge in [-0.05, 0) is 49.1 Å². The van der Waals surface area contributed by atoms with Crippen LogP contribution in [0.1, 0.15) is 16.7 Å². The second-order valence-electron chi connectivity index (χ2n) is 6.10. The maximum absolute atomic E-state index is 5.38. The highest BCUT2D eigenvalue weighted by molar-refractivity contribution is 5.59. The number of benzene rings is 2. The van der Waals surface area contributed by atoms with Crippen molar-refractivity contribution in [3.63, 3.8) is 0 Å². The van der Waals surface area contributed by atoms with Crippen LogP contribution in [-0.2, 0) is 6.42 Å². The molecule has 2 N–H and O–H groups in total. The Balaban J connectivity index is 1.63. The smallest absolute Gasteiger partial charge is 0.249 e. The molecule has 0 aliphatic rings. The van der Waals surface area contributed by atoms with Crippen molar-refractivity contribution in [1.82, 2.24) is 15.2 Å². The van der Waals surface area contributed by atoms with Crippen molar-refractivity contribution >= 4 is 17.5 Å². The molecule has 6 nitrogen and oxygen atoms in total. The summed E-state index contributed by atoms with van der Waals surface area (Å²) in [6.45, 7) is 4.83. The molecule has 3 rings (SSSR count). The summed E-state index contributed by atoms with van der Waals surface area (Å²) in [4.78, 5) is 4.49. The van der Waals surface area contributed by atoms with Gasteiger partial charge in [0.2, 0.25) is 5.95 Å². The zero-order valence-corrected chi connectivity index (χ0v) is 15.3. The molecule has 0 amide bonds. The number of ether oxygens (including phenoxy) is 1. The lowest BCUT2D eigenvalue weighted by Gasteiger charge is -2.11. The SMILES string of the molecule is COc1ccccc1CCNc1cnnc(Nc2cc(C)ccc2C)n1. The molecule has 0 saturated carbocycles. The van der Waals surface area contributed by atoms with Gasteiger partial charge in [0.15, 0.2) is 5.82 Å². The predicted molar refractivity (Wildman–Crippen MR) is 104 cm³/mol. The first-order valence-corrected chi connectivity index (χ1v) is 8.55. The number of nitrogens with one attached hydrogen (secondary N) is 2. The van der Waals surface area contributed by atoms with Crippen molar-refractivity contribution in [2.45, 2.75) is 20.3 Å². The van der Waals surface area contributed by atoms with Crippen LogP contribution in [0, 0.1) is 13.8 Å². The van der Waals surface area contributed by atoms with Crippen LogP contribution in [0.15, 0.2) is 48.7 Å². The summed E-state index contributed by atoms with van der Waals surface area (Å²) in [6, 6.07) is 14.2. The number of hydrogen-bond donors (Lipinski definition) is 2. The molecule has 0 saturated heterocycles. The third-order valence-corrected chi connectivity index (χ3v) is 4.09. The van der Waals surface area contributed by atoms with Gasteiger partial charge in [-0.3, -0.25) is 0 Å². The number of para-hydroxylation sites is 1. The highest BCUT2D eigenvalue weighted by Gasteiger charge is 2.05. The van der Waals surface area contributed by atoms with E-state index in [-0.39, 0.29) is 0 Å². The standard InChI is InChI=1S/C20H23N5O/c1-14-8-9-15(2)17(12-14)23-20-24-19(13-22-25-20)21-11-10-16-6-4-5-7-18(16)26-3/h4-9,12-13H,10-11H2,1-3H3,(H2,21,23,24,25). The van der Waals surface area contributed by atoms with Gasteiger partial charge in [0.05, 0.1) is 13.3 Å². The van der Waals surface area contributed by atoms with E-state index in [9.17, 15) is 0 Å². The second-order valence-corrected chi connectivity index (χ2v) is 6.10. The molecular formula is C20H23N5O. The fourth-order valence-corrected chi connectivity index (χ4v) is 2.67. The predicted octanol–water partition coefficient (Wildman–Crippen LogP) is 3.90. The maximum Gasteiger partial charge on any atom is 0.249 e. The third-order valence-electron chi connectivity index (χ3n) is 4.09. The Kier molecular flexibility index (Phi) is 5.63. The molecule has 134 valence electrons. The number of nitrogens with zero attached hydrogens (tertiary/aromatic N) is 3. The first-order valence-electron chi connectivity index (χ1n) is 8.55. The number of aryl methyl sites for hydroxylation is 2. The molecule has 0 bridgehead atoms. The lowest BCUT2D eigenvalue weighted by molar-refractivity contribution is 0.410. The third kappa shape index (κ3) is 4.47. The number of aromatic nitrogens is 3. The molecule has 26 heavy (non-hydrogen) atoms. The highest BCUT2D eigenvalue weighted by atomic mass is 16.5. The molecule has 0 atom stereocenters. The number of anilines is 3. The van der Waals surface area contributed by atoms with E-state index in [4.69, 9.17) is 4.74 Å². The summed E-state index contributed by atoms with van der Waals surface area (Å²) in [5.41, 5.74) is 4.45. The Bertz CT molecular complexity index is 882. The summed E-state index contributed by atoms with van der Waals surface area (Å²) in [5, 5.41) is 14.6. The van der Waals surface area contributed by atoms with Crippen LogP contribution < -0.4 is 15.4 Å². The Hall–Kier alpha value is -3.15. The van der Waals surface area contributed by atoms with E-state index in [0.29, 0.717) is 11.8 Å². The van der Waals surface area contributed by atoms with E-state index >= 15 is 0 Å². The summed E-state index contributed by atoms with van der Waals surface area (Å²) in [6.07, 6.45) is 2.45. The van der Waals surface area contributed by atoms with Gasteiger partial charge in [-0.1, -0.05) is 30.3 Å². The largest absolute Gasteiger partial charge is 0.496 e. The topological polar surface area (TPSA) is 72.0 Å². The van der Waals surface area contributed by atoms with Gasteiger partial charge in [0.1, 0.15) is 5.75 Å².